The zero-order chi connectivity index (χ0) is 9.42. The molecule has 2 atom stereocenters. The summed E-state index contributed by atoms with van der Waals surface area (Å²) < 4.78 is 4.76. The van der Waals surface area contributed by atoms with Gasteiger partial charge >= 0.3 is 6.09 Å². The van der Waals surface area contributed by atoms with Crippen LogP contribution < -0.4 is 5.73 Å². The number of carbonyl (C=O) groups excluding carboxylic acids is 1. The molecule has 0 bridgehead atoms. The van der Waals surface area contributed by atoms with E-state index in [0.29, 0.717) is 6.42 Å². The third-order valence-electron chi connectivity index (χ3n) is 2.09. The van der Waals surface area contributed by atoms with Crippen LogP contribution in [0.25, 0.3) is 0 Å². The van der Waals surface area contributed by atoms with Crippen molar-refractivity contribution in [2.45, 2.75) is 18.6 Å². The zero-order valence-corrected chi connectivity index (χ0v) is 7.58. The molecule has 0 saturated carbocycles. The van der Waals surface area contributed by atoms with Crippen LogP contribution in [0, 0.1) is 0 Å². The first-order chi connectivity index (χ1) is 6.18. The van der Waals surface area contributed by atoms with E-state index in [2.05, 4.69) is 0 Å². The molecule has 70 valence electrons. The van der Waals surface area contributed by atoms with Crippen molar-refractivity contribution in [3.8, 4) is 0 Å². The second-order valence-electron chi connectivity index (χ2n) is 2.93. The Morgan fingerprint density at radius 1 is 1.77 bits per heavy atom. The maximum Gasteiger partial charge on any atom is 0.404 e. The summed E-state index contributed by atoms with van der Waals surface area (Å²) in [6.07, 6.45) is -1.48. The van der Waals surface area contributed by atoms with E-state index in [1.807, 2.05) is 11.4 Å². The third-order valence-corrected chi connectivity index (χ3v) is 3.12. The van der Waals surface area contributed by atoms with Crippen molar-refractivity contribution in [3.63, 3.8) is 0 Å². The van der Waals surface area contributed by atoms with Crippen molar-refractivity contribution in [3.05, 3.63) is 21.9 Å². The maximum absolute atomic E-state index is 10.5. The SMILES string of the molecule is NC(=O)OC1Cc2ccsc2C1O. The average Bonchev–Trinajstić information content (AvgIpc) is 2.56. The summed E-state index contributed by atoms with van der Waals surface area (Å²) in [5.74, 6) is 0. The molecule has 0 fully saturated rings. The minimum Gasteiger partial charge on any atom is -0.443 e. The maximum atomic E-state index is 10.5. The predicted octanol–water partition coefficient (Wildman–Crippen LogP) is 0.802. The molecule has 2 unspecified atom stereocenters. The first kappa shape index (κ1) is 8.52. The molecule has 0 aromatic carbocycles. The van der Waals surface area contributed by atoms with Crippen LogP contribution in [-0.4, -0.2) is 17.3 Å². The summed E-state index contributed by atoms with van der Waals surface area (Å²) in [7, 11) is 0. The van der Waals surface area contributed by atoms with Crippen molar-refractivity contribution in [1.82, 2.24) is 0 Å². The van der Waals surface area contributed by atoms with Crippen molar-refractivity contribution in [2.24, 2.45) is 5.73 Å². The number of nitrogens with two attached hydrogens (primary N) is 1. The number of thiophene rings is 1. The minimum atomic E-state index is -0.834. The molecule has 0 aliphatic heterocycles. The van der Waals surface area contributed by atoms with Gasteiger partial charge in [0.1, 0.15) is 12.2 Å². The van der Waals surface area contributed by atoms with Crippen molar-refractivity contribution >= 4 is 17.4 Å². The third kappa shape index (κ3) is 1.40. The first-order valence-electron chi connectivity index (χ1n) is 3.89. The van der Waals surface area contributed by atoms with E-state index in [-0.39, 0.29) is 0 Å². The van der Waals surface area contributed by atoms with E-state index in [1.165, 1.54) is 11.3 Å². The summed E-state index contributed by atoms with van der Waals surface area (Å²) in [5, 5.41) is 11.6. The van der Waals surface area contributed by atoms with Crippen LogP contribution >= 0.6 is 11.3 Å². The Hall–Kier alpha value is -1.07. The number of ether oxygens (including phenoxy) is 1. The second kappa shape index (κ2) is 3.01. The lowest BCUT2D eigenvalue weighted by Crippen LogP contribution is -2.25. The number of hydrogen-bond acceptors (Lipinski definition) is 4. The Labute approximate surface area is 78.9 Å². The number of fused-ring (bicyclic) bond motifs is 1. The Morgan fingerprint density at radius 2 is 2.54 bits per heavy atom. The van der Waals surface area contributed by atoms with Crippen LogP contribution in [0.4, 0.5) is 4.79 Å². The predicted molar refractivity (Wildman–Crippen MR) is 47.4 cm³/mol. The van der Waals surface area contributed by atoms with Crippen molar-refractivity contribution < 1.29 is 14.6 Å². The molecule has 0 saturated heterocycles. The highest BCUT2D eigenvalue weighted by Crippen LogP contribution is 2.36. The standard InChI is InChI=1S/C8H9NO3S/c9-8(11)12-5-3-4-1-2-13-7(4)6(5)10/h1-2,5-6,10H,3H2,(H2,9,11). The molecule has 4 nitrogen and oxygen atoms in total. The average molecular weight is 199 g/mol. The molecular weight excluding hydrogens is 190 g/mol. The van der Waals surface area contributed by atoms with Gasteiger partial charge in [0, 0.05) is 11.3 Å². The summed E-state index contributed by atoms with van der Waals surface area (Å²) >= 11 is 1.47. The fourth-order valence-electron chi connectivity index (χ4n) is 1.53. The van der Waals surface area contributed by atoms with Gasteiger partial charge < -0.3 is 15.6 Å². The van der Waals surface area contributed by atoms with Gasteiger partial charge in [-0.2, -0.15) is 0 Å². The van der Waals surface area contributed by atoms with Gasteiger partial charge in [-0.3, -0.25) is 0 Å². The van der Waals surface area contributed by atoms with E-state index >= 15 is 0 Å². The zero-order valence-electron chi connectivity index (χ0n) is 6.77. The molecule has 1 amide bonds. The first-order valence-corrected chi connectivity index (χ1v) is 4.77. The van der Waals surface area contributed by atoms with Gasteiger partial charge in [-0.15, -0.1) is 11.3 Å². The number of amides is 1. The minimum absolute atomic E-state index is 0.500. The number of hydrogen-bond donors (Lipinski definition) is 2. The van der Waals surface area contributed by atoms with Gasteiger partial charge in [-0.25, -0.2) is 4.79 Å². The van der Waals surface area contributed by atoms with E-state index in [1.54, 1.807) is 0 Å². The van der Waals surface area contributed by atoms with Crippen LogP contribution in [0.1, 0.15) is 16.5 Å². The van der Waals surface area contributed by atoms with E-state index < -0.39 is 18.3 Å². The molecule has 1 aliphatic rings. The molecule has 13 heavy (non-hydrogen) atoms. The normalized spacial score (nSPS) is 25.6. The van der Waals surface area contributed by atoms with Gasteiger partial charge in [0.05, 0.1) is 0 Å². The lowest BCUT2D eigenvalue weighted by Gasteiger charge is -2.13. The number of carbonyl (C=O) groups is 1. The van der Waals surface area contributed by atoms with Crippen LogP contribution in [0.5, 0.6) is 0 Å². The van der Waals surface area contributed by atoms with E-state index in [0.717, 1.165) is 10.4 Å². The Kier molecular flexibility index (Phi) is 1.97. The molecule has 0 radical (unpaired) electrons. The number of aliphatic hydroxyl groups excluding tert-OH is 1. The quantitative estimate of drug-likeness (QED) is 0.702. The molecule has 3 N–H and O–H groups in total. The molecule has 2 rings (SSSR count). The van der Waals surface area contributed by atoms with E-state index in [4.69, 9.17) is 10.5 Å². The highest BCUT2D eigenvalue weighted by atomic mass is 32.1. The molecular formula is C8H9NO3S. The molecule has 1 aliphatic carbocycles. The van der Waals surface area contributed by atoms with Gasteiger partial charge in [0.15, 0.2) is 0 Å². The van der Waals surface area contributed by atoms with Crippen LogP contribution in [0.2, 0.25) is 0 Å². The van der Waals surface area contributed by atoms with Crippen LogP contribution in [0.15, 0.2) is 11.4 Å². The monoisotopic (exact) mass is 199 g/mol. The molecule has 1 aromatic rings. The molecule has 1 heterocycles. The van der Waals surface area contributed by atoms with E-state index in [9.17, 15) is 9.90 Å². The largest absolute Gasteiger partial charge is 0.443 e. The van der Waals surface area contributed by atoms with Gasteiger partial charge in [-0.05, 0) is 17.0 Å². The Balaban J connectivity index is 2.14. The highest BCUT2D eigenvalue weighted by Gasteiger charge is 2.34. The van der Waals surface area contributed by atoms with Crippen LogP contribution in [0.3, 0.4) is 0 Å². The summed E-state index contributed by atoms with van der Waals surface area (Å²) in [6, 6.07) is 1.92. The molecule has 0 spiro atoms. The molecule has 5 heteroatoms. The topological polar surface area (TPSA) is 72.6 Å². The van der Waals surface area contributed by atoms with Gasteiger partial charge in [0.2, 0.25) is 0 Å². The number of aliphatic hydroxyl groups is 1. The van der Waals surface area contributed by atoms with Crippen molar-refractivity contribution in [1.29, 1.82) is 0 Å². The summed E-state index contributed by atoms with van der Waals surface area (Å²) in [5.41, 5.74) is 5.91. The molecule has 1 aromatic heterocycles. The lowest BCUT2D eigenvalue weighted by atomic mass is 10.2. The lowest BCUT2D eigenvalue weighted by molar-refractivity contribution is 0.0184. The summed E-state index contributed by atoms with van der Waals surface area (Å²) in [4.78, 5) is 11.3. The fourth-order valence-corrected chi connectivity index (χ4v) is 2.50. The summed E-state index contributed by atoms with van der Waals surface area (Å²) in [6.45, 7) is 0. The smallest absolute Gasteiger partial charge is 0.404 e. The number of primary amides is 1. The number of rotatable bonds is 1. The van der Waals surface area contributed by atoms with Crippen molar-refractivity contribution in [2.75, 3.05) is 0 Å². The van der Waals surface area contributed by atoms with Gasteiger partial charge in [0.25, 0.3) is 0 Å². The second-order valence-corrected chi connectivity index (χ2v) is 3.88. The van der Waals surface area contributed by atoms with Gasteiger partial charge in [-0.1, -0.05) is 0 Å². The Morgan fingerprint density at radius 3 is 3.15 bits per heavy atom. The van der Waals surface area contributed by atoms with Crippen LogP contribution in [-0.2, 0) is 11.2 Å². The Bertz CT molecular complexity index is 336. The highest BCUT2D eigenvalue weighted by molar-refractivity contribution is 7.10. The fraction of sp³-hybridized carbons (Fsp3) is 0.375.